The van der Waals surface area contributed by atoms with Crippen LogP contribution in [0, 0.1) is 17.8 Å². The van der Waals surface area contributed by atoms with E-state index in [2.05, 4.69) is 15.9 Å². The molecular weight excluding hydrogens is 212 g/mol. The number of hydrogen-bond acceptors (Lipinski definition) is 0. The molecule has 0 unspecified atom stereocenters. The summed E-state index contributed by atoms with van der Waals surface area (Å²) in [5, 5.41) is 0. The zero-order valence-electron chi connectivity index (χ0n) is 7.56. The minimum absolute atomic E-state index is 0.608. The standard InChI is InChI=1S/C11H17Br/c12-11-5-1-2-9-6-8(7-11)3-4-10(9)11/h8-10H,1-7H2/t8-,9+,10+,11+/m1/s1. The van der Waals surface area contributed by atoms with Crippen LogP contribution in [-0.4, -0.2) is 4.32 Å². The van der Waals surface area contributed by atoms with Gasteiger partial charge in [-0.25, -0.2) is 0 Å². The van der Waals surface area contributed by atoms with Crippen LogP contribution in [0.4, 0.5) is 0 Å². The number of hydrogen-bond donors (Lipinski definition) is 0. The zero-order valence-corrected chi connectivity index (χ0v) is 9.15. The number of rotatable bonds is 0. The summed E-state index contributed by atoms with van der Waals surface area (Å²) in [6, 6.07) is 0. The van der Waals surface area contributed by atoms with Crippen molar-refractivity contribution in [2.45, 2.75) is 49.3 Å². The highest BCUT2D eigenvalue weighted by Crippen LogP contribution is 2.60. The topological polar surface area (TPSA) is 0 Å². The lowest BCUT2D eigenvalue weighted by molar-refractivity contribution is 0.0243. The Labute approximate surface area is 83.2 Å². The molecule has 0 spiro atoms. The van der Waals surface area contributed by atoms with Crippen LogP contribution in [0.1, 0.15) is 44.9 Å². The lowest BCUT2D eigenvalue weighted by Gasteiger charge is -2.56. The second kappa shape index (κ2) is 2.50. The van der Waals surface area contributed by atoms with Crippen LogP contribution in [0.3, 0.4) is 0 Å². The maximum Gasteiger partial charge on any atom is 0.0291 e. The summed E-state index contributed by atoms with van der Waals surface area (Å²) in [5.74, 6) is 3.24. The molecule has 12 heavy (non-hydrogen) atoms. The van der Waals surface area contributed by atoms with E-state index in [9.17, 15) is 0 Å². The average Bonchev–Trinajstić information content (AvgIpc) is 2.03. The van der Waals surface area contributed by atoms with Gasteiger partial charge in [-0.15, -0.1) is 0 Å². The predicted octanol–water partition coefficient (Wildman–Crippen LogP) is 3.74. The van der Waals surface area contributed by atoms with E-state index < -0.39 is 0 Å². The molecule has 4 aliphatic carbocycles. The number of fused-ring (bicyclic) bond motifs is 1. The Hall–Kier alpha value is 0.480. The van der Waals surface area contributed by atoms with Crippen molar-refractivity contribution in [2.24, 2.45) is 17.8 Å². The molecule has 4 saturated carbocycles. The van der Waals surface area contributed by atoms with Gasteiger partial charge in [0, 0.05) is 4.32 Å². The lowest BCUT2D eigenvalue weighted by Crippen LogP contribution is -2.50. The van der Waals surface area contributed by atoms with Gasteiger partial charge in [0.25, 0.3) is 0 Å². The van der Waals surface area contributed by atoms with Crippen molar-refractivity contribution in [2.75, 3.05) is 0 Å². The van der Waals surface area contributed by atoms with Gasteiger partial charge >= 0.3 is 0 Å². The van der Waals surface area contributed by atoms with Gasteiger partial charge in [-0.2, -0.15) is 0 Å². The Morgan fingerprint density at radius 2 is 2.08 bits per heavy atom. The third-order valence-electron chi connectivity index (χ3n) is 4.55. The van der Waals surface area contributed by atoms with E-state index >= 15 is 0 Å². The normalized spacial score (nSPS) is 57.2. The summed E-state index contributed by atoms with van der Waals surface area (Å²) in [7, 11) is 0. The van der Waals surface area contributed by atoms with Crippen molar-refractivity contribution in [3.63, 3.8) is 0 Å². The predicted molar refractivity (Wildman–Crippen MR) is 54.4 cm³/mol. The molecule has 0 heterocycles. The van der Waals surface area contributed by atoms with Gasteiger partial charge < -0.3 is 0 Å². The summed E-state index contributed by atoms with van der Waals surface area (Å²) in [4.78, 5) is 0. The summed E-state index contributed by atoms with van der Waals surface area (Å²) >= 11 is 4.04. The van der Waals surface area contributed by atoms with Gasteiger partial charge in [0.15, 0.2) is 0 Å². The summed E-state index contributed by atoms with van der Waals surface area (Å²) in [6.07, 6.45) is 10.6. The maximum atomic E-state index is 4.04. The van der Waals surface area contributed by atoms with Crippen LogP contribution in [0.2, 0.25) is 0 Å². The van der Waals surface area contributed by atoms with Gasteiger partial charge in [-0.3, -0.25) is 0 Å². The molecule has 0 radical (unpaired) electrons. The molecule has 0 amide bonds. The molecule has 4 fully saturated rings. The monoisotopic (exact) mass is 228 g/mol. The molecule has 0 aromatic carbocycles. The van der Waals surface area contributed by atoms with Gasteiger partial charge in [0.2, 0.25) is 0 Å². The van der Waals surface area contributed by atoms with Crippen molar-refractivity contribution in [1.29, 1.82) is 0 Å². The Balaban J connectivity index is 1.94. The minimum Gasteiger partial charge on any atom is -0.0850 e. The van der Waals surface area contributed by atoms with Crippen molar-refractivity contribution in [3.05, 3.63) is 0 Å². The summed E-state index contributed by atoms with van der Waals surface area (Å²) in [5.41, 5.74) is 0. The largest absolute Gasteiger partial charge is 0.0850 e. The van der Waals surface area contributed by atoms with E-state index in [0.29, 0.717) is 4.32 Å². The molecule has 4 bridgehead atoms. The molecular formula is C11H17Br. The Morgan fingerprint density at radius 3 is 2.75 bits per heavy atom. The number of halogens is 1. The van der Waals surface area contributed by atoms with Gasteiger partial charge in [-0.05, 0) is 43.4 Å². The third-order valence-corrected chi connectivity index (χ3v) is 5.86. The second-order valence-corrected chi connectivity index (χ2v) is 6.76. The highest BCUT2D eigenvalue weighted by molar-refractivity contribution is 9.10. The van der Waals surface area contributed by atoms with Crippen LogP contribution >= 0.6 is 15.9 Å². The number of alkyl halides is 1. The van der Waals surface area contributed by atoms with E-state index in [1.54, 1.807) is 6.42 Å². The van der Waals surface area contributed by atoms with E-state index in [-0.39, 0.29) is 0 Å². The van der Waals surface area contributed by atoms with Crippen LogP contribution in [0.25, 0.3) is 0 Å². The van der Waals surface area contributed by atoms with E-state index in [4.69, 9.17) is 0 Å². The molecule has 0 aromatic heterocycles. The Kier molecular flexibility index (Phi) is 1.63. The third kappa shape index (κ3) is 0.950. The first-order chi connectivity index (χ1) is 5.78. The first-order valence-electron chi connectivity index (χ1n) is 5.47. The summed E-state index contributed by atoms with van der Waals surface area (Å²) in [6.45, 7) is 0. The van der Waals surface area contributed by atoms with Crippen LogP contribution in [0.5, 0.6) is 0 Å². The van der Waals surface area contributed by atoms with Gasteiger partial charge in [0.05, 0.1) is 0 Å². The van der Waals surface area contributed by atoms with Crippen LogP contribution in [-0.2, 0) is 0 Å². The first-order valence-corrected chi connectivity index (χ1v) is 6.26. The van der Waals surface area contributed by atoms with Crippen LogP contribution in [0.15, 0.2) is 0 Å². The molecule has 4 aliphatic rings. The first kappa shape index (κ1) is 7.84. The van der Waals surface area contributed by atoms with E-state index in [1.807, 2.05) is 0 Å². The van der Waals surface area contributed by atoms with Crippen molar-refractivity contribution in [1.82, 2.24) is 0 Å². The highest BCUT2D eigenvalue weighted by Gasteiger charge is 2.51. The van der Waals surface area contributed by atoms with Gasteiger partial charge in [0.1, 0.15) is 0 Å². The van der Waals surface area contributed by atoms with Crippen molar-refractivity contribution < 1.29 is 0 Å². The fourth-order valence-corrected chi connectivity index (χ4v) is 5.46. The smallest absolute Gasteiger partial charge is 0.0291 e. The van der Waals surface area contributed by atoms with E-state index in [1.165, 1.54) is 38.5 Å². The lowest BCUT2D eigenvalue weighted by atomic mass is 9.55. The second-order valence-electron chi connectivity index (χ2n) is 5.18. The molecule has 68 valence electrons. The molecule has 0 nitrogen and oxygen atoms in total. The average molecular weight is 229 g/mol. The Bertz CT molecular complexity index is 201. The SMILES string of the molecule is Br[C@]12CCC[C@H]3C[C@@H](CC[C@@H]31)C2. The highest BCUT2D eigenvalue weighted by atomic mass is 79.9. The zero-order chi connectivity index (χ0) is 8.18. The molecule has 0 aliphatic heterocycles. The molecule has 0 aromatic rings. The molecule has 0 N–H and O–H groups in total. The van der Waals surface area contributed by atoms with Crippen molar-refractivity contribution in [3.8, 4) is 0 Å². The molecule has 4 rings (SSSR count). The molecule has 1 heteroatoms. The molecule has 4 atom stereocenters. The maximum absolute atomic E-state index is 4.04. The summed E-state index contributed by atoms with van der Waals surface area (Å²) < 4.78 is 0.608. The minimum atomic E-state index is 0.608. The van der Waals surface area contributed by atoms with Gasteiger partial charge in [-0.1, -0.05) is 35.2 Å². The fraction of sp³-hybridized carbons (Fsp3) is 1.00. The van der Waals surface area contributed by atoms with Crippen molar-refractivity contribution >= 4 is 15.9 Å². The molecule has 0 saturated heterocycles. The Morgan fingerprint density at radius 1 is 1.17 bits per heavy atom. The van der Waals surface area contributed by atoms with Crippen LogP contribution < -0.4 is 0 Å². The quantitative estimate of drug-likeness (QED) is 0.555. The fourth-order valence-electron chi connectivity index (χ4n) is 4.12. The van der Waals surface area contributed by atoms with E-state index in [0.717, 1.165) is 17.8 Å².